The van der Waals surface area contributed by atoms with E-state index in [0.717, 1.165) is 117 Å². The van der Waals surface area contributed by atoms with Crippen LogP contribution in [-0.4, -0.2) is 55.3 Å². The van der Waals surface area contributed by atoms with Gasteiger partial charge in [-0.15, -0.1) is 0 Å². The Balaban J connectivity index is 0.00000171. The Hall–Kier alpha value is -6.10. The van der Waals surface area contributed by atoms with Crippen molar-refractivity contribution in [3.8, 4) is 11.5 Å². The van der Waals surface area contributed by atoms with E-state index >= 15 is 0 Å². The molecule has 5 heterocycles. The van der Waals surface area contributed by atoms with Crippen molar-refractivity contribution in [2.45, 2.75) is 109 Å². The molecule has 0 saturated heterocycles. The zero-order valence-corrected chi connectivity index (χ0v) is 35.4. The highest BCUT2D eigenvalue weighted by atomic mass is 16.5. The van der Waals surface area contributed by atoms with Gasteiger partial charge in [0, 0.05) is 89.7 Å². The van der Waals surface area contributed by atoms with Crippen LogP contribution >= 0.6 is 0 Å². The van der Waals surface area contributed by atoms with Crippen molar-refractivity contribution < 1.29 is 33.9 Å². The van der Waals surface area contributed by atoms with Gasteiger partial charge in [-0.1, -0.05) is 37.1 Å². The van der Waals surface area contributed by atoms with Crippen LogP contribution in [0.4, 0.5) is 11.4 Å². The second kappa shape index (κ2) is 19.7. The third-order valence-electron chi connectivity index (χ3n) is 13.0. The van der Waals surface area contributed by atoms with Crippen LogP contribution in [0.2, 0.25) is 0 Å². The first-order valence-corrected chi connectivity index (χ1v) is 22.5. The van der Waals surface area contributed by atoms with Crippen molar-refractivity contribution in [2.75, 3.05) is 36.4 Å². The first-order valence-electron chi connectivity index (χ1n) is 22.5. The predicted molar refractivity (Wildman–Crippen MR) is 235 cm³/mol. The number of carbonyl (C=O) groups excluding carboxylic acids is 5. The molecule has 322 valence electrons. The summed E-state index contributed by atoms with van der Waals surface area (Å²) < 4.78 is 9.91. The fourth-order valence-corrected chi connectivity index (χ4v) is 10.2. The second-order valence-corrected chi connectivity index (χ2v) is 17.1. The Kier molecular flexibility index (Phi) is 13.6. The Morgan fingerprint density at radius 3 is 2.27 bits per heavy atom. The minimum Gasteiger partial charge on any atom is -0.455 e. The number of nitrogens with zero attached hydrogens (tertiary/aromatic N) is 2. The summed E-state index contributed by atoms with van der Waals surface area (Å²) in [5.41, 5.74) is 14.3. The van der Waals surface area contributed by atoms with Crippen LogP contribution in [0.5, 0.6) is 11.5 Å². The number of rotatable bonds is 12. The third-order valence-corrected chi connectivity index (χ3v) is 13.0. The van der Waals surface area contributed by atoms with Crippen molar-refractivity contribution in [1.29, 1.82) is 0 Å². The van der Waals surface area contributed by atoms with Crippen molar-refractivity contribution >= 4 is 40.8 Å². The number of carbonyl (C=O) groups is 3. The molecular weight excluding hydrogens is 783 g/mol. The van der Waals surface area contributed by atoms with Gasteiger partial charge in [-0.2, -0.15) is 9.59 Å². The quantitative estimate of drug-likeness (QED) is 0.0514. The van der Waals surface area contributed by atoms with Gasteiger partial charge in [0.25, 0.3) is 5.91 Å². The van der Waals surface area contributed by atoms with Gasteiger partial charge in [-0.3, -0.25) is 19.6 Å². The number of ether oxygens (including phenoxy) is 1. The van der Waals surface area contributed by atoms with Gasteiger partial charge in [-0.25, -0.2) is 10.1 Å². The number of nitrogens with one attached hydrogen (secondary N) is 3. The standard InChI is InChI=1S/C49H55N5O5.CO2/c55-42(18-3-1-2-4-19-43(56)52-58)51-37-22-20-32(21-23-37)31-50-49(57)36-15-9-14-33(28-36)44-40-29-34-12-5-7-24-53-26-10-16-38(45(34)53)47(40)59-48-39-17-11-27-54-25-8-6-13-35(46(39)54)30-41(44)48;2-1-3/h9,14-15,20-23,28-30H,1-8,10-13,16-19,24-27,31H2,(H3-,50,51,52,55,56,57,58);/p+1. The van der Waals surface area contributed by atoms with Gasteiger partial charge in [0.2, 0.25) is 17.2 Å². The number of fused-ring (bicyclic) bond motifs is 4. The predicted octanol–water partition coefficient (Wildman–Crippen LogP) is 6.03. The molecule has 0 spiro atoms. The molecule has 4 aromatic carbocycles. The van der Waals surface area contributed by atoms with Crippen LogP contribution in [0.25, 0.3) is 5.57 Å². The van der Waals surface area contributed by atoms with Crippen LogP contribution in [0.1, 0.15) is 126 Å². The molecule has 4 N–H and O–H groups in total. The molecule has 12 nitrogen and oxygen atoms in total. The second-order valence-electron chi connectivity index (χ2n) is 17.1. The first kappa shape index (κ1) is 42.6. The molecule has 62 heavy (non-hydrogen) atoms. The molecule has 0 aliphatic carbocycles. The molecule has 0 fully saturated rings. The molecule has 9 rings (SSSR count). The van der Waals surface area contributed by atoms with Crippen LogP contribution in [0.3, 0.4) is 0 Å². The lowest BCUT2D eigenvalue weighted by molar-refractivity contribution is -0.191. The van der Waals surface area contributed by atoms with Crippen LogP contribution in [0.15, 0.2) is 60.7 Å². The lowest BCUT2D eigenvalue weighted by atomic mass is 9.84. The highest BCUT2D eigenvalue weighted by Gasteiger charge is 2.35. The summed E-state index contributed by atoms with van der Waals surface area (Å²) >= 11 is 0. The zero-order chi connectivity index (χ0) is 43.0. The number of aryl methyl sites for hydroxylation is 2. The van der Waals surface area contributed by atoms with Crippen LogP contribution in [-0.2, 0) is 51.4 Å². The van der Waals surface area contributed by atoms with Crippen LogP contribution < -0.4 is 40.9 Å². The monoisotopic (exact) mass is 838 g/mol. The number of hydrogen-bond acceptors (Lipinski definition) is 8. The summed E-state index contributed by atoms with van der Waals surface area (Å²) in [7, 11) is 0. The van der Waals surface area contributed by atoms with Crippen molar-refractivity contribution in [1.82, 2.24) is 15.4 Å². The SMILES string of the molecule is O=C(CCCCCCC(=O)Nc1ccc(CNC(=O)c2cccc(C3=c4cc5c6c(c4Oc4c3cc3c7c4CCCN7CCCC3)CCC[N+]=6CCCC5)c2)cc1)NO.O=C=O. The maximum atomic E-state index is 13.9. The first-order chi connectivity index (χ1) is 30.4. The molecule has 0 saturated carbocycles. The van der Waals surface area contributed by atoms with Gasteiger partial charge in [0.15, 0.2) is 0 Å². The van der Waals surface area contributed by atoms with Gasteiger partial charge < -0.3 is 20.3 Å². The van der Waals surface area contributed by atoms with Crippen molar-refractivity contribution in [2.24, 2.45) is 0 Å². The van der Waals surface area contributed by atoms with Crippen molar-refractivity contribution in [3.05, 3.63) is 116 Å². The summed E-state index contributed by atoms with van der Waals surface area (Å²) in [6.07, 6.45) is 15.2. The Morgan fingerprint density at radius 2 is 1.47 bits per heavy atom. The Bertz CT molecular complexity index is 2530. The molecule has 0 aromatic heterocycles. The van der Waals surface area contributed by atoms with E-state index in [4.69, 9.17) is 19.5 Å². The van der Waals surface area contributed by atoms with Gasteiger partial charge in [-0.05, 0) is 117 Å². The molecule has 0 bridgehead atoms. The summed E-state index contributed by atoms with van der Waals surface area (Å²) in [6.45, 7) is 4.79. The fraction of sp³-hybridized carbons (Fsp3) is 0.420. The number of unbranched alkanes of at least 4 members (excludes halogenated alkanes) is 3. The molecule has 0 unspecified atom stereocenters. The molecule has 5 aliphatic heterocycles. The highest BCUT2D eigenvalue weighted by Crippen LogP contribution is 2.48. The number of hydrogen-bond donors (Lipinski definition) is 4. The van der Waals surface area contributed by atoms with E-state index in [-0.39, 0.29) is 30.3 Å². The normalized spacial score (nSPS) is 15.7. The van der Waals surface area contributed by atoms with E-state index in [0.29, 0.717) is 30.6 Å². The lowest BCUT2D eigenvalue weighted by Gasteiger charge is -2.35. The average molecular weight is 839 g/mol. The molecule has 0 radical (unpaired) electrons. The van der Waals surface area contributed by atoms with E-state index in [1.54, 1.807) is 5.48 Å². The maximum Gasteiger partial charge on any atom is 0.373 e. The topological polar surface area (TPSA) is 157 Å². The van der Waals surface area contributed by atoms with Crippen molar-refractivity contribution in [3.63, 3.8) is 0 Å². The van der Waals surface area contributed by atoms with Gasteiger partial charge in [0.05, 0.1) is 5.56 Å². The number of hydroxylamine groups is 1. The zero-order valence-electron chi connectivity index (χ0n) is 35.4. The molecular formula is C50H56N5O7+. The smallest absolute Gasteiger partial charge is 0.373 e. The average Bonchev–Trinajstić information content (AvgIpc) is 3.64. The molecule has 3 amide bonds. The minimum atomic E-state index is -0.385. The molecule has 5 aliphatic rings. The van der Waals surface area contributed by atoms with Gasteiger partial charge in [0.1, 0.15) is 24.6 Å². The summed E-state index contributed by atoms with van der Waals surface area (Å²) in [4.78, 5) is 56.4. The molecule has 4 aromatic rings. The number of anilines is 2. The van der Waals surface area contributed by atoms with E-state index in [2.05, 4.69) is 44.4 Å². The maximum absolute atomic E-state index is 13.9. The highest BCUT2D eigenvalue weighted by molar-refractivity contribution is 5.97. The summed E-state index contributed by atoms with van der Waals surface area (Å²) in [5.74, 6) is 1.48. The van der Waals surface area contributed by atoms with E-state index in [9.17, 15) is 14.4 Å². The number of benzene rings is 4. The number of amides is 3. The van der Waals surface area contributed by atoms with E-state index in [1.807, 2.05) is 36.4 Å². The lowest BCUT2D eigenvalue weighted by Crippen LogP contribution is -2.41. The Morgan fingerprint density at radius 1 is 0.742 bits per heavy atom. The van der Waals surface area contributed by atoms with Crippen LogP contribution in [0, 0.1) is 0 Å². The van der Waals surface area contributed by atoms with Gasteiger partial charge >= 0.3 is 6.15 Å². The molecule has 12 heteroatoms. The largest absolute Gasteiger partial charge is 0.455 e. The summed E-state index contributed by atoms with van der Waals surface area (Å²) in [6, 6.07) is 20.6. The third kappa shape index (κ3) is 9.22. The fourth-order valence-electron chi connectivity index (χ4n) is 10.2. The van der Waals surface area contributed by atoms with E-state index < -0.39 is 0 Å². The molecule has 0 atom stereocenters. The summed E-state index contributed by atoms with van der Waals surface area (Å²) in [5, 5.41) is 17.3. The van der Waals surface area contributed by atoms with E-state index in [1.165, 1.54) is 64.6 Å². The Labute approximate surface area is 362 Å². The minimum absolute atomic E-state index is 0.0553.